The number of nitrogens with one attached hydrogen (secondary N) is 1. The number of aryl methyl sites for hydroxylation is 1. The molecule has 0 bridgehead atoms. The van der Waals surface area contributed by atoms with Gasteiger partial charge in [-0.05, 0) is 38.1 Å². The second kappa shape index (κ2) is 8.15. The highest BCUT2D eigenvalue weighted by molar-refractivity contribution is 7.19. The van der Waals surface area contributed by atoms with Crippen LogP contribution in [0.15, 0.2) is 42.6 Å². The van der Waals surface area contributed by atoms with Gasteiger partial charge in [0.2, 0.25) is 5.88 Å². The molecule has 0 saturated carbocycles. The Labute approximate surface area is 174 Å². The monoisotopic (exact) mass is 429 g/mol. The van der Waals surface area contributed by atoms with Gasteiger partial charge in [0, 0.05) is 6.20 Å². The quantitative estimate of drug-likeness (QED) is 0.471. The van der Waals surface area contributed by atoms with E-state index in [4.69, 9.17) is 4.74 Å². The predicted molar refractivity (Wildman–Crippen MR) is 110 cm³/mol. The molecular formula is C20H17F2N5O2S. The SMILES string of the molecule is CCOc1ncccc1C(=O)Nc1nc(C)c(-c2nc3ccccc3n2C(F)F)s1. The van der Waals surface area contributed by atoms with Crippen molar-refractivity contribution in [2.24, 2.45) is 0 Å². The molecule has 7 nitrogen and oxygen atoms in total. The van der Waals surface area contributed by atoms with E-state index in [2.05, 4.69) is 20.3 Å². The number of alkyl halides is 2. The van der Waals surface area contributed by atoms with Crippen LogP contribution in [0.1, 0.15) is 29.5 Å². The molecule has 4 aromatic rings. The van der Waals surface area contributed by atoms with Crippen molar-refractivity contribution in [3.63, 3.8) is 0 Å². The van der Waals surface area contributed by atoms with Gasteiger partial charge >= 0.3 is 6.55 Å². The fraction of sp³-hybridized carbons (Fsp3) is 0.200. The van der Waals surface area contributed by atoms with Crippen molar-refractivity contribution in [3.05, 3.63) is 53.9 Å². The highest BCUT2D eigenvalue weighted by atomic mass is 32.1. The minimum absolute atomic E-state index is 0.109. The number of rotatable bonds is 6. The van der Waals surface area contributed by atoms with Crippen LogP contribution in [0.25, 0.3) is 21.7 Å². The van der Waals surface area contributed by atoms with Gasteiger partial charge in [-0.3, -0.25) is 14.7 Å². The van der Waals surface area contributed by atoms with E-state index in [1.807, 2.05) is 0 Å². The normalized spacial score (nSPS) is 11.2. The third-order valence-electron chi connectivity index (χ3n) is 4.31. The van der Waals surface area contributed by atoms with Gasteiger partial charge in [-0.2, -0.15) is 8.78 Å². The molecule has 0 aliphatic heterocycles. The first kappa shape index (κ1) is 19.9. The average Bonchev–Trinajstić information content (AvgIpc) is 3.28. The van der Waals surface area contributed by atoms with E-state index < -0.39 is 12.5 Å². The highest BCUT2D eigenvalue weighted by Gasteiger charge is 2.23. The van der Waals surface area contributed by atoms with Crippen molar-refractivity contribution < 1.29 is 18.3 Å². The Kier molecular flexibility index (Phi) is 5.40. The number of halogens is 2. The minimum Gasteiger partial charge on any atom is -0.477 e. The maximum atomic E-state index is 13.8. The van der Waals surface area contributed by atoms with Crippen LogP contribution < -0.4 is 10.1 Å². The lowest BCUT2D eigenvalue weighted by molar-refractivity contribution is 0.0764. The molecule has 10 heteroatoms. The number of pyridine rings is 1. The summed E-state index contributed by atoms with van der Waals surface area (Å²) in [4.78, 5) is 25.9. The van der Waals surface area contributed by atoms with E-state index in [1.165, 1.54) is 6.20 Å². The summed E-state index contributed by atoms with van der Waals surface area (Å²) in [6.45, 7) is 1.08. The van der Waals surface area contributed by atoms with E-state index >= 15 is 0 Å². The molecule has 0 saturated heterocycles. The Morgan fingerprint density at radius 3 is 2.80 bits per heavy atom. The number of carbonyl (C=O) groups excluding carboxylic acids is 1. The molecule has 0 radical (unpaired) electrons. The van der Waals surface area contributed by atoms with Crippen molar-refractivity contribution >= 4 is 33.4 Å². The van der Waals surface area contributed by atoms with Crippen LogP contribution in [-0.2, 0) is 0 Å². The van der Waals surface area contributed by atoms with Gasteiger partial charge in [0.05, 0.1) is 28.2 Å². The van der Waals surface area contributed by atoms with Crippen LogP contribution in [0.2, 0.25) is 0 Å². The van der Waals surface area contributed by atoms with Crippen LogP contribution in [0.5, 0.6) is 5.88 Å². The van der Waals surface area contributed by atoms with E-state index in [1.54, 1.807) is 50.2 Å². The van der Waals surface area contributed by atoms with Crippen LogP contribution in [-0.4, -0.2) is 32.0 Å². The Morgan fingerprint density at radius 2 is 2.03 bits per heavy atom. The number of hydrogen-bond donors (Lipinski definition) is 1. The third-order valence-corrected chi connectivity index (χ3v) is 5.38. The summed E-state index contributed by atoms with van der Waals surface area (Å²) in [7, 11) is 0. The molecule has 1 aromatic carbocycles. The van der Waals surface area contributed by atoms with Crippen molar-refractivity contribution in [1.82, 2.24) is 19.5 Å². The first-order valence-corrected chi connectivity index (χ1v) is 9.93. The molecule has 0 spiro atoms. The zero-order chi connectivity index (χ0) is 21.3. The fourth-order valence-corrected chi connectivity index (χ4v) is 3.99. The number of aromatic nitrogens is 4. The second-order valence-corrected chi connectivity index (χ2v) is 7.25. The molecule has 0 atom stereocenters. The molecule has 154 valence electrons. The molecule has 0 unspecified atom stereocenters. The summed E-state index contributed by atoms with van der Waals surface area (Å²) in [6.07, 6.45) is 1.53. The van der Waals surface area contributed by atoms with Gasteiger partial charge in [-0.25, -0.2) is 15.0 Å². The number of benzene rings is 1. The number of nitrogens with zero attached hydrogens (tertiary/aromatic N) is 4. The molecule has 0 aliphatic rings. The largest absolute Gasteiger partial charge is 0.477 e. The molecule has 1 N–H and O–H groups in total. The van der Waals surface area contributed by atoms with Crippen molar-refractivity contribution in [1.29, 1.82) is 0 Å². The van der Waals surface area contributed by atoms with Crippen LogP contribution in [0.4, 0.5) is 13.9 Å². The van der Waals surface area contributed by atoms with Gasteiger partial charge in [-0.1, -0.05) is 23.5 Å². The van der Waals surface area contributed by atoms with E-state index in [9.17, 15) is 13.6 Å². The maximum absolute atomic E-state index is 13.8. The zero-order valence-electron chi connectivity index (χ0n) is 16.1. The smallest absolute Gasteiger partial charge is 0.320 e. The van der Waals surface area contributed by atoms with Crippen LogP contribution in [0, 0.1) is 6.92 Å². The molecule has 0 fully saturated rings. The lowest BCUT2D eigenvalue weighted by atomic mass is 10.2. The average molecular weight is 429 g/mol. The molecule has 3 aromatic heterocycles. The number of imidazole rings is 1. The molecule has 0 aliphatic carbocycles. The minimum atomic E-state index is -2.77. The zero-order valence-corrected chi connectivity index (χ0v) is 16.9. The summed E-state index contributed by atoms with van der Waals surface area (Å²) in [5.74, 6) is -0.127. The summed E-state index contributed by atoms with van der Waals surface area (Å²) in [5, 5.41) is 2.96. The van der Waals surface area contributed by atoms with E-state index in [-0.39, 0.29) is 22.4 Å². The van der Waals surface area contributed by atoms with Gasteiger partial charge in [-0.15, -0.1) is 0 Å². The number of amides is 1. The Balaban J connectivity index is 1.69. The van der Waals surface area contributed by atoms with Crippen LogP contribution >= 0.6 is 11.3 Å². The van der Waals surface area contributed by atoms with Crippen molar-refractivity contribution in [2.45, 2.75) is 20.4 Å². The number of fused-ring (bicyclic) bond motifs is 1. The summed E-state index contributed by atoms with van der Waals surface area (Å²) < 4.78 is 33.8. The molecule has 4 rings (SSSR count). The van der Waals surface area contributed by atoms with Gasteiger partial charge in [0.15, 0.2) is 11.0 Å². The Bertz CT molecular complexity index is 1220. The van der Waals surface area contributed by atoms with Crippen molar-refractivity contribution in [2.75, 3.05) is 11.9 Å². The first-order chi connectivity index (χ1) is 14.5. The third kappa shape index (κ3) is 3.61. The molecule has 3 heterocycles. The van der Waals surface area contributed by atoms with E-state index in [0.29, 0.717) is 28.2 Å². The standard InChI is InChI=1S/C20H17F2N5O2S/c1-3-29-18-12(7-6-10-23-18)17(28)26-20-24-11(2)15(30-20)16-25-13-8-4-5-9-14(13)27(16)19(21)22/h4-10,19H,3H2,1-2H3,(H,24,26,28). The number of hydrogen-bond acceptors (Lipinski definition) is 6. The Morgan fingerprint density at radius 1 is 1.23 bits per heavy atom. The Hall–Kier alpha value is -3.40. The van der Waals surface area contributed by atoms with Gasteiger partial charge in [0.25, 0.3) is 5.91 Å². The number of anilines is 1. The summed E-state index contributed by atoms with van der Waals surface area (Å²) in [6, 6.07) is 9.90. The topological polar surface area (TPSA) is 81.9 Å². The number of ether oxygens (including phenoxy) is 1. The molecule has 30 heavy (non-hydrogen) atoms. The number of para-hydroxylation sites is 2. The lowest BCUT2D eigenvalue weighted by Crippen LogP contribution is -2.14. The molecular weight excluding hydrogens is 412 g/mol. The van der Waals surface area contributed by atoms with Gasteiger partial charge < -0.3 is 4.74 Å². The number of thiazole rings is 1. The van der Waals surface area contributed by atoms with Crippen molar-refractivity contribution in [3.8, 4) is 16.6 Å². The predicted octanol–water partition coefficient (Wildman–Crippen LogP) is 4.91. The fourth-order valence-electron chi connectivity index (χ4n) is 3.04. The highest BCUT2D eigenvalue weighted by Crippen LogP contribution is 2.36. The first-order valence-electron chi connectivity index (χ1n) is 9.11. The number of carbonyl (C=O) groups is 1. The van der Waals surface area contributed by atoms with E-state index in [0.717, 1.165) is 15.9 Å². The summed E-state index contributed by atoms with van der Waals surface area (Å²) >= 11 is 1.08. The molecule has 1 amide bonds. The second-order valence-electron chi connectivity index (χ2n) is 6.25. The lowest BCUT2D eigenvalue weighted by Gasteiger charge is -2.07. The maximum Gasteiger partial charge on any atom is 0.320 e. The summed E-state index contributed by atoms with van der Waals surface area (Å²) in [5.41, 5.74) is 1.54. The van der Waals surface area contributed by atoms with Gasteiger partial charge in [0.1, 0.15) is 5.56 Å². The van der Waals surface area contributed by atoms with Crippen LogP contribution in [0.3, 0.4) is 0 Å².